The lowest BCUT2D eigenvalue weighted by Gasteiger charge is -2.45. The van der Waals surface area contributed by atoms with Gasteiger partial charge in [-0.25, -0.2) is 0 Å². The van der Waals surface area contributed by atoms with Crippen molar-refractivity contribution in [3.05, 3.63) is 29.3 Å². The zero-order chi connectivity index (χ0) is 20.0. The van der Waals surface area contributed by atoms with E-state index in [-0.39, 0.29) is 11.8 Å². The summed E-state index contributed by atoms with van der Waals surface area (Å²) in [6.07, 6.45) is -9.90. The predicted molar refractivity (Wildman–Crippen MR) is 86.8 cm³/mol. The Morgan fingerprint density at radius 2 is 1.24 bits per heavy atom. The van der Waals surface area contributed by atoms with Crippen molar-refractivity contribution in [2.24, 2.45) is 0 Å². The number of amides is 1. The SMILES string of the molecule is CC(=O)N(c1cc(C(F)(F)F)cc(C(F)(F)F)c1)[Si](C)(C)C(C)(C)C. The summed E-state index contributed by atoms with van der Waals surface area (Å²) in [6.45, 7) is 10.1. The molecule has 25 heavy (non-hydrogen) atoms. The number of hydrogen-bond acceptors (Lipinski definition) is 1. The highest BCUT2D eigenvalue weighted by molar-refractivity contribution is 6.86. The summed E-state index contributed by atoms with van der Waals surface area (Å²) in [5, 5.41) is -0.467. The van der Waals surface area contributed by atoms with Gasteiger partial charge >= 0.3 is 12.4 Å². The molecule has 0 radical (unpaired) electrons. The number of alkyl halides is 6. The van der Waals surface area contributed by atoms with Crippen LogP contribution in [0, 0.1) is 0 Å². The largest absolute Gasteiger partial charge is 0.416 e. The third-order valence-corrected chi connectivity index (χ3v) is 9.90. The molecule has 2 nitrogen and oxygen atoms in total. The van der Waals surface area contributed by atoms with E-state index in [1.165, 1.54) is 0 Å². The molecule has 0 aromatic heterocycles. The first-order valence-corrected chi connectivity index (χ1v) is 10.4. The smallest absolute Gasteiger partial charge is 0.340 e. The van der Waals surface area contributed by atoms with Crippen LogP contribution in [0.25, 0.3) is 0 Å². The van der Waals surface area contributed by atoms with E-state index in [9.17, 15) is 31.1 Å². The lowest BCUT2D eigenvalue weighted by Crippen LogP contribution is -2.57. The van der Waals surface area contributed by atoms with Gasteiger partial charge in [0.2, 0.25) is 5.91 Å². The topological polar surface area (TPSA) is 20.3 Å². The zero-order valence-electron chi connectivity index (χ0n) is 14.9. The summed E-state index contributed by atoms with van der Waals surface area (Å²) in [5.41, 5.74) is -3.23. The van der Waals surface area contributed by atoms with Crippen LogP contribution in [0.1, 0.15) is 38.8 Å². The molecule has 0 saturated carbocycles. The summed E-state index contributed by atoms with van der Waals surface area (Å²) in [6, 6.07) is 1.28. The minimum Gasteiger partial charge on any atom is -0.340 e. The van der Waals surface area contributed by atoms with E-state index in [1.54, 1.807) is 13.1 Å². The van der Waals surface area contributed by atoms with Crippen LogP contribution in [0.3, 0.4) is 0 Å². The maximum absolute atomic E-state index is 13.1. The molecule has 9 heteroatoms. The number of anilines is 1. The summed E-state index contributed by atoms with van der Waals surface area (Å²) >= 11 is 0. The molecule has 0 heterocycles. The van der Waals surface area contributed by atoms with Gasteiger partial charge in [-0.2, -0.15) is 26.3 Å². The first kappa shape index (κ1) is 21.5. The second-order valence-electron chi connectivity index (χ2n) is 7.43. The number of carbonyl (C=O) groups excluding carboxylic acids is 1. The van der Waals surface area contributed by atoms with Crippen LogP contribution in [-0.4, -0.2) is 14.1 Å². The molecule has 0 aliphatic heterocycles. The molecule has 0 aliphatic rings. The molecule has 1 rings (SSSR count). The number of rotatable bonds is 2. The van der Waals surface area contributed by atoms with Crippen molar-refractivity contribution in [3.8, 4) is 0 Å². The number of hydrogen-bond donors (Lipinski definition) is 0. The molecular weight excluding hydrogens is 364 g/mol. The predicted octanol–water partition coefficient (Wildman–Crippen LogP) is 6.08. The van der Waals surface area contributed by atoms with Gasteiger partial charge in [0, 0.05) is 12.6 Å². The van der Waals surface area contributed by atoms with Crippen molar-refractivity contribution < 1.29 is 31.1 Å². The van der Waals surface area contributed by atoms with Gasteiger partial charge in [-0.1, -0.05) is 33.9 Å². The fourth-order valence-electron chi connectivity index (χ4n) is 2.30. The van der Waals surface area contributed by atoms with Crippen molar-refractivity contribution in [2.45, 2.75) is 58.2 Å². The van der Waals surface area contributed by atoms with Crippen LogP contribution in [0.15, 0.2) is 18.2 Å². The summed E-state index contributed by atoms with van der Waals surface area (Å²) < 4.78 is 79.6. The summed E-state index contributed by atoms with van der Waals surface area (Å²) in [4.78, 5) is 12.2. The average Bonchev–Trinajstić information content (AvgIpc) is 2.34. The van der Waals surface area contributed by atoms with Gasteiger partial charge in [0.15, 0.2) is 8.24 Å². The Morgan fingerprint density at radius 3 is 1.48 bits per heavy atom. The minimum absolute atomic E-state index is 0.0630. The number of benzene rings is 1. The van der Waals surface area contributed by atoms with Crippen molar-refractivity contribution in [1.29, 1.82) is 0 Å². The summed E-state index contributed by atoms with van der Waals surface area (Å²) in [7, 11) is -2.75. The Bertz CT molecular complexity index is 626. The van der Waals surface area contributed by atoms with E-state index in [0.717, 1.165) is 11.5 Å². The van der Waals surface area contributed by atoms with Gasteiger partial charge in [-0.05, 0) is 23.2 Å². The molecule has 1 aromatic carbocycles. The standard InChI is InChI=1S/C16H21F6NOSi/c1-10(24)23(25(5,6)14(2,3)4)13-8-11(15(17,18)19)7-12(9-13)16(20,21)22/h7-9H,1-6H3. The molecule has 0 atom stereocenters. The van der Waals surface area contributed by atoms with Gasteiger partial charge in [0.05, 0.1) is 11.1 Å². The fraction of sp³-hybridized carbons (Fsp3) is 0.562. The Morgan fingerprint density at radius 1 is 0.880 bits per heavy atom. The van der Waals surface area contributed by atoms with Crippen LogP contribution in [0.4, 0.5) is 32.0 Å². The first-order valence-electron chi connectivity index (χ1n) is 7.49. The normalized spacial score (nSPS) is 13.8. The van der Waals surface area contributed by atoms with Crippen molar-refractivity contribution in [1.82, 2.24) is 0 Å². The number of carbonyl (C=O) groups is 1. The van der Waals surface area contributed by atoms with Gasteiger partial charge < -0.3 is 4.57 Å². The Balaban J connectivity index is 3.75. The lowest BCUT2D eigenvalue weighted by molar-refractivity contribution is -0.143. The van der Waals surface area contributed by atoms with Gasteiger partial charge in [0.1, 0.15) is 0 Å². The Kier molecular flexibility index (Phi) is 5.45. The van der Waals surface area contributed by atoms with Crippen LogP contribution >= 0.6 is 0 Å². The van der Waals surface area contributed by atoms with Gasteiger partial charge in [-0.15, -0.1) is 0 Å². The lowest BCUT2D eigenvalue weighted by atomic mass is 10.1. The van der Waals surface area contributed by atoms with E-state index >= 15 is 0 Å². The molecule has 0 fully saturated rings. The van der Waals surface area contributed by atoms with Crippen molar-refractivity contribution in [2.75, 3.05) is 4.57 Å². The van der Waals surface area contributed by atoms with Crippen LogP contribution in [-0.2, 0) is 17.1 Å². The fourth-order valence-corrected chi connectivity index (χ4v) is 4.53. The molecule has 1 aromatic rings. The van der Waals surface area contributed by atoms with E-state index in [2.05, 4.69) is 0 Å². The highest BCUT2D eigenvalue weighted by atomic mass is 28.3. The minimum atomic E-state index is -4.95. The highest BCUT2D eigenvalue weighted by Gasteiger charge is 2.45. The Hall–Kier alpha value is -1.51. The van der Waals surface area contributed by atoms with Crippen molar-refractivity contribution >= 4 is 19.8 Å². The molecule has 0 aliphatic carbocycles. The monoisotopic (exact) mass is 385 g/mol. The molecule has 142 valence electrons. The van der Waals surface area contributed by atoms with Crippen molar-refractivity contribution in [3.63, 3.8) is 0 Å². The second-order valence-corrected chi connectivity index (χ2v) is 12.5. The average molecular weight is 385 g/mol. The quantitative estimate of drug-likeness (QED) is 0.446. The number of halogens is 6. The maximum atomic E-state index is 13.1. The molecule has 0 saturated heterocycles. The first-order chi connectivity index (χ1) is 10.9. The second kappa shape index (κ2) is 6.33. The number of nitrogens with zero attached hydrogens (tertiary/aromatic N) is 1. The zero-order valence-corrected chi connectivity index (χ0v) is 15.9. The van der Waals surface area contributed by atoms with Gasteiger partial charge in [0.25, 0.3) is 0 Å². The van der Waals surface area contributed by atoms with Crippen LogP contribution < -0.4 is 4.57 Å². The molecular formula is C16H21F6NOSi. The van der Waals surface area contributed by atoms with E-state index in [0.29, 0.717) is 12.1 Å². The van der Waals surface area contributed by atoms with Crippen LogP contribution in [0.5, 0.6) is 0 Å². The van der Waals surface area contributed by atoms with E-state index in [4.69, 9.17) is 0 Å². The van der Waals surface area contributed by atoms with Crippen LogP contribution in [0.2, 0.25) is 18.1 Å². The maximum Gasteiger partial charge on any atom is 0.416 e. The molecule has 0 bridgehead atoms. The third kappa shape index (κ3) is 4.56. The Labute approximate surface area is 143 Å². The molecule has 0 N–H and O–H groups in total. The summed E-state index contributed by atoms with van der Waals surface area (Å²) in [5.74, 6) is -0.584. The van der Waals surface area contributed by atoms with E-state index in [1.807, 2.05) is 20.8 Å². The van der Waals surface area contributed by atoms with E-state index < -0.39 is 42.7 Å². The molecule has 0 spiro atoms. The van der Waals surface area contributed by atoms with Gasteiger partial charge in [-0.3, -0.25) is 4.79 Å². The molecule has 1 amide bonds. The third-order valence-electron chi connectivity index (χ3n) is 4.54. The molecule has 0 unspecified atom stereocenters. The highest BCUT2D eigenvalue weighted by Crippen LogP contribution is 2.43.